The molecule has 1 saturated heterocycles. The molecule has 0 bridgehead atoms. The van der Waals surface area contributed by atoms with Crippen LogP contribution < -0.4 is 10.2 Å². The number of aryl methyl sites for hydroxylation is 2. The minimum Gasteiger partial charge on any atom is -0.357 e. The summed E-state index contributed by atoms with van der Waals surface area (Å²) in [5, 5.41) is 9.35. The Morgan fingerprint density at radius 2 is 2.07 bits per heavy atom. The maximum Gasteiger partial charge on any atom is 0.269 e. The van der Waals surface area contributed by atoms with Gasteiger partial charge in [-0.25, -0.2) is 9.97 Å². The van der Waals surface area contributed by atoms with Crippen molar-refractivity contribution in [3.05, 3.63) is 46.9 Å². The summed E-state index contributed by atoms with van der Waals surface area (Å²) in [6, 6.07) is 7.79. The maximum atomic E-state index is 12.6. The second-order valence-electron chi connectivity index (χ2n) is 6.68. The molecule has 0 unspecified atom stereocenters. The summed E-state index contributed by atoms with van der Waals surface area (Å²) >= 11 is 1.60. The molecule has 3 aromatic heterocycles. The number of hydrogen-bond donors (Lipinski definition) is 1. The highest BCUT2D eigenvalue weighted by Crippen LogP contribution is 2.24. The molecule has 4 heterocycles. The Hall–Kier alpha value is -2.74. The van der Waals surface area contributed by atoms with E-state index in [4.69, 9.17) is 0 Å². The van der Waals surface area contributed by atoms with Gasteiger partial charge in [0.1, 0.15) is 23.0 Å². The number of hydrogen-bond acceptors (Lipinski definition) is 6. The summed E-state index contributed by atoms with van der Waals surface area (Å²) in [7, 11) is 1.78. The molecule has 0 aromatic carbocycles. The van der Waals surface area contributed by atoms with Crippen LogP contribution in [0.4, 0.5) is 5.82 Å². The second kappa shape index (κ2) is 7.48. The molecule has 1 aliphatic heterocycles. The van der Waals surface area contributed by atoms with Crippen LogP contribution in [0, 0.1) is 6.92 Å². The number of carbonyl (C=O) groups excluding carboxylic acids is 1. The second-order valence-corrected chi connectivity index (χ2v) is 7.62. The highest BCUT2D eigenvalue weighted by atomic mass is 32.1. The van der Waals surface area contributed by atoms with Crippen LogP contribution in [0.25, 0.3) is 10.6 Å². The van der Waals surface area contributed by atoms with Gasteiger partial charge in [0.15, 0.2) is 0 Å². The molecule has 27 heavy (non-hydrogen) atoms. The third-order valence-electron chi connectivity index (χ3n) is 4.61. The molecule has 0 spiro atoms. The van der Waals surface area contributed by atoms with Gasteiger partial charge in [-0.2, -0.15) is 5.10 Å². The molecular weight excluding hydrogens is 360 g/mol. The van der Waals surface area contributed by atoms with Crippen molar-refractivity contribution in [1.82, 2.24) is 25.1 Å². The Morgan fingerprint density at radius 1 is 1.26 bits per heavy atom. The van der Waals surface area contributed by atoms with Crippen LogP contribution in [-0.4, -0.2) is 38.7 Å². The lowest BCUT2D eigenvalue weighted by Crippen LogP contribution is -2.27. The molecule has 0 saturated carbocycles. The number of aromatic nitrogens is 4. The Kier molecular flexibility index (Phi) is 4.89. The van der Waals surface area contributed by atoms with Gasteiger partial charge in [-0.1, -0.05) is 6.07 Å². The predicted molar refractivity (Wildman–Crippen MR) is 106 cm³/mol. The molecule has 4 rings (SSSR count). The van der Waals surface area contributed by atoms with E-state index in [-0.39, 0.29) is 5.91 Å². The summed E-state index contributed by atoms with van der Waals surface area (Å²) in [6.07, 6.45) is 2.39. The van der Waals surface area contributed by atoms with E-state index < -0.39 is 0 Å². The molecule has 7 nitrogen and oxygen atoms in total. The van der Waals surface area contributed by atoms with E-state index in [0.29, 0.717) is 18.1 Å². The monoisotopic (exact) mass is 382 g/mol. The fraction of sp³-hybridized carbons (Fsp3) is 0.368. The van der Waals surface area contributed by atoms with E-state index in [2.05, 4.69) is 25.3 Å². The van der Waals surface area contributed by atoms with Crippen molar-refractivity contribution in [3.63, 3.8) is 0 Å². The number of anilines is 1. The first-order valence-electron chi connectivity index (χ1n) is 9.06. The Labute approximate surface area is 162 Å². The largest absolute Gasteiger partial charge is 0.357 e. The quantitative estimate of drug-likeness (QED) is 0.734. The molecule has 1 amide bonds. The fourth-order valence-electron chi connectivity index (χ4n) is 3.27. The molecule has 0 aliphatic carbocycles. The first-order chi connectivity index (χ1) is 13.1. The van der Waals surface area contributed by atoms with Gasteiger partial charge in [-0.3, -0.25) is 9.48 Å². The first-order valence-corrected chi connectivity index (χ1v) is 9.94. The number of thiophene rings is 1. The summed E-state index contributed by atoms with van der Waals surface area (Å²) in [5.74, 6) is 1.40. The van der Waals surface area contributed by atoms with Crippen molar-refractivity contribution in [2.45, 2.75) is 26.3 Å². The fourth-order valence-corrected chi connectivity index (χ4v) is 3.96. The lowest BCUT2D eigenvalue weighted by molar-refractivity contribution is 0.0940. The van der Waals surface area contributed by atoms with Gasteiger partial charge in [0.2, 0.25) is 0 Å². The van der Waals surface area contributed by atoms with Gasteiger partial charge in [-0.15, -0.1) is 11.3 Å². The molecule has 1 aliphatic rings. The van der Waals surface area contributed by atoms with E-state index in [1.165, 1.54) is 12.8 Å². The summed E-state index contributed by atoms with van der Waals surface area (Å²) in [6.45, 7) is 4.31. The van der Waals surface area contributed by atoms with Crippen LogP contribution in [0.1, 0.15) is 34.8 Å². The van der Waals surface area contributed by atoms with Crippen molar-refractivity contribution in [3.8, 4) is 10.6 Å². The van der Waals surface area contributed by atoms with Crippen LogP contribution in [0.2, 0.25) is 0 Å². The van der Waals surface area contributed by atoms with Crippen molar-refractivity contribution >= 4 is 23.1 Å². The molecule has 8 heteroatoms. The van der Waals surface area contributed by atoms with Gasteiger partial charge in [0, 0.05) is 31.9 Å². The van der Waals surface area contributed by atoms with E-state index in [1.807, 2.05) is 36.6 Å². The predicted octanol–water partition coefficient (Wildman–Crippen LogP) is 2.78. The minimum atomic E-state index is -0.180. The number of amides is 1. The van der Waals surface area contributed by atoms with E-state index >= 15 is 0 Å². The highest BCUT2D eigenvalue weighted by Gasteiger charge is 2.17. The van der Waals surface area contributed by atoms with Gasteiger partial charge < -0.3 is 10.2 Å². The highest BCUT2D eigenvalue weighted by molar-refractivity contribution is 7.13. The van der Waals surface area contributed by atoms with Crippen LogP contribution in [0.3, 0.4) is 0 Å². The average molecular weight is 382 g/mol. The molecular formula is C19H22N6OS. The van der Waals surface area contributed by atoms with Gasteiger partial charge >= 0.3 is 0 Å². The zero-order valence-electron chi connectivity index (χ0n) is 15.5. The lowest BCUT2D eigenvalue weighted by atomic mass is 10.3. The summed E-state index contributed by atoms with van der Waals surface area (Å²) in [4.78, 5) is 25.0. The maximum absolute atomic E-state index is 12.6. The Bertz CT molecular complexity index is 943. The van der Waals surface area contributed by atoms with Crippen molar-refractivity contribution in [1.29, 1.82) is 0 Å². The number of carbonyl (C=O) groups is 1. The normalized spacial score (nSPS) is 13.9. The smallest absolute Gasteiger partial charge is 0.269 e. The van der Waals surface area contributed by atoms with Crippen LogP contribution >= 0.6 is 11.3 Å². The third kappa shape index (κ3) is 3.85. The minimum absolute atomic E-state index is 0.180. The zero-order chi connectivity index (χ0) is 18.8. The first kappa shape index (κ1) is 17.7. The molecule has 1 fully saturated rings. The van der Waals surface area contributed by atoms with E-state index in [9.17, 15) is 4.79 Å². The number of rotatable bonds is 5. The number of nitrogens with one attached hydrogen (secondary N) is 1. The topological polar surface area (TPSA) is 75.9 Å². The summed E-state index contributed by atoms with van der Waals surface area (Å²) < 4.78 is 1.61. The lowest BCUT2D eigenvalue weighted by Gasteiger charge is -2.17. The van der Waals surface area contributed by atoms with Crippen molar-refractivity contribution in [2.24, 2.45) is 7.05 Å². The average Bonchev–Trinajstić information content (AvgIpc) is 3.39. The van der Waals surface area contributed by atoms with Crippen LogP contribution in [0.15, 0.2) is 29.6 Å². The van der Waals surface area contributed by atoms with Crippen LogP contribution in [-0.2, 0) is 13.6 Å². The molecule has 0 atom stereocenters. The molecule has 3 aromatic rings. The zero-order valence-corrected chi connectivity index (χ0v) is 16.3. The van der Waals surface area contributed by atoms with Gasteiger partial charge in [0.25, 0.3) is 5.91 Å². The van der Waals surface area contributed by atoms with E-state index in [1.54, 1.807) is 23.1 Å². The molecule has 0 radical (unpaired) electrons. The Morgan fingerprint density at radius 3 is 2.81 bits per heavy atom. The van der Waals surface area contributed by atoms with Crippen LogP contribution in [0.5, 0.6) is 0 Å². The Balaban J connectivity index is 1.46. The third-order valence-corrected chi connectivity index (χ3v) is 5.50. The van der Waals surface area contributed by atoms with Gasteiger partial charge in [0.05, 0.1) is 11.4 Å². The standard InChI is InChI=1S/C19H22N6OS/c1-13-10-18(25-7-3-4-8-25)22-17(21-13)12-20-19(26)15-11-14(23-24(15)2)16-6-5-9-27-16/h5-6,9-11H,3-4,7-8,12H2,1-2H3,(H,20,26). The van der Waals surface area contributed by atoms with Crippen molar-refractivity contribution in [2.75, 3.05) is 18.0 Å². The van der Waals surface area contributed by atoms with Crippen molar-refractivity contribution < 1.29 is 4.79 Å². The van der Waals surface area contributed by atoms with Gasteiger partial charge in [-0.05, 0) is 37.3 Å². The number of nitrogens with zero attached hydrogens (tertiary/aromatic N) is 5. The summed E-state index contributed by atoms with van der Waals surface area (Å²) in [5.41, 5.74) is 2.24. The SMILES string of the molecule is Cc1cc(N2CCCC2)nc(CNC(=O)c2cc(-c3cccs3)nn2C)n1. The molecule has 140 valence electrons. The van der Waals surface area contributed by atoms with E-state index in [0.717, 1.165) is 35.2 Å². The molecule has 1 N–H and O–H groups in total.